The Morgan fingerprint density at radius 1 is 1.56 bits per heavy atom. The summed E-state index contributed by atoms with van der Waals surface area (Å²) in [5.41, 5.74) is 2.46. The zero-order valence-corrected chi connectivity index (χ0v) is 12.3. The number of hydrogen-bond acceptors (Lipinski definition) is 1. The van der Waals surface area contributed by atoms with Crippen molar-refractivity contribution in [1.29, 1.82) is 0 Å². The van der Waals surface area contributed by atoms with E-state index in [1.807, 2.05) is 12.1 Å². The Labute approximate surface area is 115 Å². The Bertz CT molecular complexity index is 424. The average Bonchev–Trinajstić information content (AvgIpc) is 2.23. The minimum Gasteiger partial charge on any atom is -0.495 e. The Hall–Kier alpha value is -0.480. The van der Waals surface area contributed by atoms with Crippen LogP contribution in [0.25, 0.3) is 0 Å². The fraction of sp³-hybridized carbons (Fsp3) is 0.231. The van der Waals surface area contributed by atoms with E-state index in [-0.39, 0.29) is 0 Å². The van der Waals surface area contributed by atoms with E-state index >= 15 is 0 Å². The van der Waals surface area contributed by atoms with E-state index in [0.29, 0.717) is 5.02 Å². The first-order valence-electron chi connectivity index (χ1n) is 4.88. The molecule has 3 heteroatoms. The molecule has 0 aromatic heterocycles. The van der Waals surface area contributed by atoms with Gasteiger partial charge in [-0.1, -0.05) is 35.9 Å². The molecular formula is C13H14ClIO. The molecule has 0 heterocycles. The van der Waals surface area contributed by atoms with Crippen LogP contribution in [0.4, 0.5) is 0 Å². The van der Waals surface area contributed by atoms with Gasteiger partial charge in [-0.25, -0.2) is 0 Å². The predicted molar refractivity (Wildman–Crippen MR) is 78.4 cm³/mol. The molecule has 0 unspecified atom stereocenters. The smallest absolute Gasteiger partial charge is 0.138 e. The second-order valence-corrected chi connectivity index (χ2v) is 5.06. The van der Waals surface area contributed by atoms with Crippen LogP contribution in [0.15, 0.2) is 36.4 Å². The maximum absolute atomic E-state index is 6.10. The summed E-state index contributed by atoms with van der Waals surface area (Å²) in [6.45, 7) is 5.76. The fourth-order valence-corrected chi connectivity index (χ4v) is 2.30. The molecule has 16 heavy (non-hydrogen) atoms. The van der Waals surface area contributed by atoms with Crippen molar-refractivity contribution in [3.8, 4) is 5.75 Å². The van der Waals surface area contributed by atoms with Gasteiger partial charge in [0, 0.05) is 3.57 Å². The third-order valence-corrected chi connectivity index (χ3v) is 3.72. The van der Waals surface area contributed by atoms with Crippen LogP contribution in [0.2, 0.25) is 5.02 Å². The monoisotopic (exact) mass is 348 g/mol. The highest BCUT2D eigenvalue weighted by Gasteiger charge is 2.07. The third-order valence-electron chi connectivity index (χ3n) is 2.16. The number of allylic oxidation sites excluding steroid dienone is 3. The van der Waals surface area contributed by atoms with E-state index in [2.05, 4.69) is 42.2 Å². The van der Waals surface area contributed by atoms with Gasteiger partial charge in [0.2, 0.25) is 0 Å². The summed E-state index contributed by atoms with van der Waals surface area (Å²) in [6.07, 6.45) is 4.69. The number of rotatable bonds is 4. The first-order chi connectivity index (χ1) is 7.58. The highest BCUT2D eigenvalue weighted by Crippen LogP contribution is 2.31. The van der Waals surface area contributed by atoms with E-state index < -0.39 is 0 Å². The highest BCUT2D eigenvalue weighted by atomic mass is 127. The van der Waals surface area contributed by atoms with E-state index in [1.54, 1.807) is 13.2 Å². The van der Waals surface area contributed by atoms with Gasteiger partial charge in [-0.15, -0.1) is 0 Å². The molecule has 0 bridgehead atoms. The highest BCUT2D eigenvalue weighted by molar-refractivity contribution is 14.1. The molecule has 86 valence electrons. The van der Waals surface area contributed by atoms with Crippen LogP contribution in [-0.4, -0.2) is 7.11 Å². The minimum atomic E-state index is 0.678. The van der Waals surface area contributed by atoms with Crippen LogP contribution in [0.1, 0.15) is 12.5 Å². The second kappa shape index (κ2) is 6.30. The maximum Gasteiger partial charge on any atom is 0.138 e. The van der Waals surface area contributed by atoms with Gasteiger partial charge in [0.15, 0.2) is 0 Å². The van der Waals surface area contributed by atoms with E-state index in [1.165, 1.54) is 11.1 Å². The molecule has 0 aliphatic rings. The molecule has 1 aromatic rings. The Morgan fingerprint density at radius 3 is 2.81 bits per heavy atom. The van der Waals surface area contributed by atoms with Crippen LogP contribution in [-0.2, 0) is 6.42 Å². The summed E-state index contributed by atoms with van der Waals surface area (Å²) in [6, 6.07) is 4.05. The molecule has 0 radical (unpaired) electrons. The van der Waals surface area contributed by atoms with Gasteiger partial charge in [0.1, 0.15) is 5.75 Å². The first-order valence-corrected chi connectivity index (χ1v) is 6.34. The van der Waals surface area contributed by atoms with Crippen LogP contribution in [0.5, 0.6) is 5.75 Å². The lowest BCUT2D eigenvalue weighted by atomic mass is 10.1. The average molecular weight is 349 g/mol. The minimum absolute atomic E-state index is 0.678. The fourth-order valence-electron chi connectivity index (χ4n) is 1.45. The molecule has 0 fully saturated rings. The van der Waals surface area contributed by atoms with Gasteiger partial charge in [-0.2, -0.15) is 0 Å². The summed E-state index contributed by atoms with van der Waals surface area (Å²) in [7, 11) is 1.63. The molecule has 0 N–H and O–H groups in total. The van der Waals surface area contributed by atoms with Crippen molar-refractivity contribution in [2.45, 2.75) is 13.3 Å². The molecule has 0 saturated heterocycles. The van der Waals surface area contributed by atoms with E-state index in [0.717, 1.165) is 15.7 Å². The van der Waals surface area contributed by atoms with Gasteiger partial charge in [-0.3, -0.25) is 0 Å². The van der Waals surface area contributed by atoms with E-state index in [9.17, 15) is 0 Å². The molecule has 0 amide bonds. The number of benzene rings is 1. The zero-order chi connectivity index (χ0) is 12.1. The summed E-state index contributed by atoms with van der Waals surface area (Å²) in [4.78, 5) is 0. The molecule has 0 saturated carbocycles. The second-order valence-electron chi connectivity index (χ2n) is 3.52. The van der Waals surface area contributed by atoms with Gasteiger partial charge in [0.05, 0.1) is 12.1 Å². The molecule has 1 aromatic carbocycles. The third kappa shape index (κ3) is 3.52. The lowest BCUT2D eigenvalue weighted by molar-refractivity contribution is 0.414. The lowest BCUT2D eigenvalue weighted by Gasteiger charge is -2.09. The number of hydrogen-bond donors (Lipinski definition) is 0. The summed E-state index contributed by atoms with van der Waals surface area (Å²) in [5, 5.41) is 0.678. The van der Waals surface area contributed by atoms with Crippen molar-refractivity contribution in [3.63, 3.8) is 0 Å². The zero-order valence-electron chi connectivity index (χ0n) is 9.39. The maximum atomic E-state index is 6.10. The Balaban J connectivity index is 3.02. The molecule has 0 aliphatic heterocycles. The SMILES string of the molecule is C=C/C=C(\C)Cc1cc(I)c(Cl)c(OC)c1. The van der Waals surface area contributed by atoms with Crippen molar-refractivity contribution in [2.24, 2.45) is 0 Å². The van der Waals surface area contributed by atoms with Crippen molar-refractivity contribution in [2.75, 3.05) is 7.11 Å². The van der Waals surface area contributed by atoms with Crippen molar-refractivity contribution < 1.29 is 4.74 Å². The summed E-state index contributed by atoms with van der Waals surface area (Å²) in [5.74, 6) is 0.731. The van der Waals surface area contributed by atoms with Crippen LogP contribution in [0.3, 0.4) is 0 Å². The molecule has 1 rings (SSSR count). The first kappa shape index (κ1) is 13.6. The van der Waals surface area contributed by atoms with E-state index in [4.69, 9.17) is 16.3 Å². The largest absolute Gasteiger partial charge is 0.495 e. The standard InChI is InChI=1S/C13H14ClIO/c1-4-5-9(2)6-10-7-11(15)13(14)12(8-10)16-3/h4-5,7-8H,1,6H2,2-3H3/b9-5+. The quantitative estimate of drug-likeness (QED) is 0.569. The van der Waals surface area contributed by atoms with Crippen LogP contribution >= 0.6 is 34.2 Å². The summed E-state index contributed by atoms with van der Waals surface area (Å²) >= 11 is 8.32. The molecular weight excluding hydrogens is 334 g/mol. The molecule has 1 nitrogen and oxygen atoms in total. The predicted octanol–water partition coefficient (Wildman–Crippen LogP) is 4.63. The normalized spacial score (nSPS) is 11.4. The van der Waals surface area contributed by atoms with Gasteiger partial charge in [-0.05, 0) is 53.6 Å². The summed E-state index contributed by atoms with van der Waals surface area (Å²) < 4.78 is 6.25. The van der Waals surface area contributed by atoms with Crippen molar-refractivity contribution >= 4 is 34.2 Å². The molecule has 0 aliphatic carbocycles. The van der Waals surface area contributed by atoms with Crippen molar-refractivity contribution in [1.82, 2.24) is 0 Å². The van der Waals surface area contributed by atoms with Crippen LogP contribution in [0, 0.1) is 3.57 Å². The topological polar surface area (TPSA) is 9.23 Å². The Kier molecular flexibility index (Phi) is 5.35. The number of halogens is 2. The van der Waals surface area contributed by atoms with Gasteiger partial charge >= 0.3 is 0 Å². The Morgan fingerprint density at radius 2 is 2.25 bits per heavy atom. The number of ether oxygens (including phenoxy) is 1. The van der Waals surface area contributed by atoms with Gasteiger partial charge in [0.25, 0.3) is 0 Å². The molecule has 0 atom stereocenters. The number of methoxy groups -OCH3 is 1. The molecule has 0 spiro atoms. The van der Waals surface area contributed by atoms with Crippen LogP contribution < -0.4 is 4.74 Å². The lowest BCUT2D eigenvalue weighted by Crippen LogP contribution is -1.92. The van der Waals surface area contributed by atoms with Crippen molar-refractivity contribution in [3.05, 3.63) is 50.6 Å². The van der Waals surface area contributed by atoms with Gasteiger partial charge < -0.3 is 4.74 Å².